The third-order valence-corrected chi connectivity index (χ3v) is 5.55. The zero-order valence-corrected chi connectivity index (χ0v) is 18.0. The van der Waals surface area contributed by atoms with Crippen LogP contribution in [0.5, 0.6) is 11.6 Å². The number of hydrogen-bond acceptors (Lipinski definition) is 5. The van der Waals surface area contributed by atoms with Gasteiger partial charge in [0.1, 0.15) is 11.4 Å². The van der Waals surface area contributed by atoms with Gasteiger partial charge in [-0.05, 0) is 56.2 Å². The second-order valence-electron chi connectivity index (χ2n) is 7.96. The van der Waals surface area contributed by atoms with Crippen molar-refractivity contribution in [1.82, 2.24) is 14.4 Å². The summed E-state index contributed by atoms with van der Waals surface area (Å²) in [5.41, 5.74) is 4.87. The van der Waals surface area contributed by atoms with Crippen LogP contribution in [0.4, 0.5) is 5.82 Å². The number of aryl methyl sites for hydroxylation is 2. The van der Waals surface area contributed by atoms with E-state index in [9.17, 15) is 0 Å². The van der Waals surface area contributed by atoms with Crippen LogP contribution in [0.2, 0.25) is 0 Å². The Bertz CT molecular complexity index is 1020. The molecule has 1 aromatic carbocycles. The van der Waals surface area contributed by atoms with E-state index < -0.39 is 0 Å². The molecule has 3 aromatic rings. The van der Waals surface area contributed by atoms with Gasteiger partial charge < -0.3 is 14.4 Å². The molecule has 0 radical (unpaired) electrons. The van der Waals surface area contributed by atoms with Gasteiger partial charge in [-0.15, -0.1) is 0 Å². The maximum atomic E-state index is 5.72. The second-order valence-corrected chi connectivity index (χ2v) is 7.96. The van der Waals surface area contributed by atoms with Gasteiger partial charge in [0.2, 0.25) is 0 Å². The van der Waals surface area contributed by atoms with Crippen molar-refractivity contribution in [2.24, 2.45) is 5.92 Å². The molecule has 6 nitrogen and oxygen atoms in total. The van der Waals surface area contributed by atoms with E-state index in [1.807, 2.05) is 18.5 Å². The van der Waals surface area contributed by atoms with Crippen LogP contribution in [0.15, 0.2) is 24.5 Å². The number of anilines is 1. The Morgan fingerprint density at radius 2 is 1.97 bits per heavy atom. The Balaban J connectivity index is 1.92. The van der Waals surface area contributed by atoms with Crippen molar-refractivity contribution in [2.75, 3.05) is 32.2 Å². The van der Waals surface area contributed by atoms with Crippen LogP contribution in [0.25, 0.3) is 16.9 Å². The number of aromatic nitrogens is 3. The predicted molar refractivity (Wildman–Crippen MR) is 116 cm³/mol. The van der Waals surface area contributed by atoms with Crippen LogP contribution in [0.1, 0.15) is 37.3 Å². The zero-order chi connectivity index (χ0) is 20.5. The molecule has 0 unspecified atom stereocenters. The third kappa shape index (κ3) is 3.63. The SMILES string of the molecule is CCCN(CC1CC1)c1c(OC)nc2c(-c3c(C)cc(C)cc3OC)nccn12. The summed E-state index contributed by atoms with van der Waals surface area (Å²) in [4.78, 5) is 12.0. The highest BCUT2D eigenvalue weighted by molar-refractivity contribution is 5.83. The highest BCUT2D eigenvalue weighted by atomic mass is 16.5. The normalized spacial score (nSPS) is 13.7. The second kappa shape index (κ2) is 7.93. The molecule has 1 aliphatic carbocycles. The number of fused-ring (bicyclic) bond motifs is 1. The molecular formula is C23H30N4O2. The summed E-state index contributed by atoms with van der Waals surface area (Å²) in [6, 6.07) is 4.20. The number of ether oxygens (including phenoxy) is 2. The van der Waals surface area contributed by atoms with Crippen molar-refractivity contribution in [3.8, 4) is 22.9 Å². The van der Waals surface area contributed by atoms with Crippen LogP contribution < -0.4 is 14.4 Å². The van der Waals surface area contributed by atoms with E-state index in [1.165, 1.54) is 12.8 Å². The largest absolute Gasteiger partial charge is 0.496 e. The smallest absolute Gasteiger partial charge is 0.258 e. The first-order valence-corrected chi connectivity index (χ1v) is 10.4. The number of rotatable bonds is 8. The average molecular weight is 395 g/mol. The molecule has 1 aliphatic rings. The van der Waals surface area contributed by atoms with E-state index in [2.05, 4.69) is 36.1 Å². The van der Waals surface area contributed by atoms with Gasteiger partial charge in [0.05, 0.1) is 14.2 Å². The van der Waals surface area contributed by atoms with Crippen LogP contribution in [-0.2, 0) is 0 Å². The van der Waals surface area contributed by atoms with Crippen molar-refractivity contribution in [3.05, 3.63) is 35.7 Å². The van der Waals surface area contributed by atoms with Crippen molar-refractivity contribution >= 4 is 11.5 Å². The molecule has 6 heteroatoms. The van der Waals surface area contributed by atoms with Gasteiger partial charge in [0, 0.05) is 31.0 Å². The lowest BCUT2D eigenvalue weighted by Crippen LogP contribution is -2.28. The molecule has 0 bridgehead atoms. The Labute approximate surface area is 172 Å². The minimum Gasteiger partial charge on any atom is -0.496 e. The highest BCUT2D eigenvalue weighted by Gasteiger charge is 2.29. The quantitative estimate of drug-likeness (QED) is 0.556. The molecule has 29 heavy (non-hydrogen) atoms. The number of benzene rings is 1. The monoisotopic (exact) mass is 394 g/mol. The fourth-order valence-corrected chi connectivity index (χ4v) is 4.10. The molecule has 2 heterocycles. The summed E-state index contributed by atoms with van der Waals surface area (Å²) in [6.07, 6.45) is 7.52. The fourth-order valence-electron chi connectivity index (χ4n) is 4.10. The highest BCUT2D eigenvalue weighted by Crippen LogP contribution is 2.39. The first kappa shape index (κ1) is 19.6. The van der Waals surface area contributed by atoms with E-state index in [0.29, 0.717) is 5.88 Å². The average Bonchev–Trinajstić information content (AvgIpc) is 3.44. The Hall–Kier alpha value is -2.76. The molecule has 0 amide bonds. The van der Waals surface area contributed by atoms with Gasteiger partial charge in [0.25, 0.3) is 5.88 Å². The van der Waals surface area contributed by atoms with E-state index >= 15 is 0 Å². The lowest BCUT2D eigenvalue weighted by Gasteiger charge is -2.24. The van der Waals surface area contributed by atoms with Crippen LogP contribution in [0, 0.1) is 19.8 Å². The summed E-state index contributed by atoms with van der Waals surface area (Å²) in [6.45, 7) is 8.40. The van der Waals surface area contributed by atoms with Gasteiger partial charge >= 0.3 is 0 Å². The summed E-state index contributed by atoms with van der Waals surface area (Å²) >= 11 is 0. The van der Waals surface area contributed by atoms with Crippen LogP contribution in [0.3, 0.4) is 0 Å². The molecule has 2 aromatic heterocycles. The van der Waals surface area contributed by atoms with Crippen LogP contribution in [-0.4, -0.2) is 41.7 Å². The van der Waals surface area contributed by atoms with Gasteiger partial charge in [0.15, 0.2) is 11.5 Å². The first-order valence-electron chi connectivity index (χ1n) is 10.4. The molecule has 154 valence electrons. The number of nitrogens with zero attached hydrogens (tertiary/aromatic N) is 4. The first-order chi connectivity index (χ1) is 14.1. The van der Waals surface area contributed by atoms with Gasteiger partial charge in [-0.3, -0.25) is 9.38 Å². The molecule has 0 atom stereocenters. The fraction of sp³-hybridized carbons (Fsp3) is 0.478. The third-order valence-electron chi connectivity index (χ3n) is 5.55. The maximum absolute atomic E-state index is 5.72. The zero-order valence-electron chi connectivity index (χ0n) is 18.0. The topological polar surface area (TPSA) is 51.9 Å². The van der Waals surface area contributed by atoms with E-state index in [-0.39, 0.29) is 0 Å². The van der Waals surface area contributed by atoms with Gasteiger partial charge in [-0.1, -0.05) is 13.0 Å². The van der Waals surface area contributed by atoms with Crippen LogP contribution >= 0.6 is 0 Å². The predicted octanol–water partition coefficient (Wildman–Crippen LogP) is 4.66. The van der Waals surface area contributed by atoms with Crippen molar-refractivity contribution < 1.29 is 9.47 Å². The van der Waals surface area contributed by atoms with E-state index in [0.717, 1.165) is 65.0 Å². The molecule has 0 N–H and O–H groups in total. The molecular weight excluding hydrogens is 364 g/mol. The lowest BCUT2D eigenvalue weighted by molar-refractivity contribution is 0.399. The standard InChI is InChI=1S/C23H30N4O2/c1-6-10-26(14-17-7-8-17)23-22(29-5)25-21-20(24-9-11-27(21)23)19-16(3)12-15(2)13-18(19)28-4/h9,11-13,17H,6-8,10,14H2,1-5H3. The Kier molecular flexibility index (Phi) is 5.35. The minimum absolute atomic E-state index is 0.650. The van der Waals surface area contributed by atoms with Crippen molar-refractivity contribution in [1.29, 1.82) is 0 Å². The molecule has 4 rings (SSSR count). The summed E-state index contributed by atoms with van der Waals surface area (Å²) in [5, 5.41) is 0. The Morgan fingerprint density at radius 1 is 1.17 bits per heavy atom. The lowest BCUT2D eigenvalue weighted by atomic mass is 10.0. The van der Waals surface area contributed by atoms with Crippen molar-refractivity contribution in [3.63, 3.8) is 0 Å². The molecule has 0 saturated heterocycles. The van der Waals surface area contributed by atoms with Gasteiger partial charge in [-0.25, -0.2) is 0 Å². The number of hydrogen-bond donors (Lipinski definition) is 0. The molecule has 1 saturated carbocycles. The minimum atomic E-state index is 0.650. The summed E-state index contributed by atoms with van der Waals surface area (Å²) in [5.74, 6) is 3.26. The summed E-state index contributed by atoms with van der Waals surface area (Å²) < 4.78 is 13.5. The maximum Gasteiger partial charge on any atom is 0.258 e. The molecule has 1 fully saturated rings. The summed E-state index contributed by atoms with van der Waals surface area (Å²) in [7, 11) is 3.39. The van der Waals surface area contributed by atoms with E-state index in [1.54, 1.807) is 14.2 Å². The molecule has 0 aliphatic heterocycles. The number of methoxy groups -OCH3 is 2. The van der Waals surface area contributed by atoms with E-state index in [4.69, 9.17) is 19.4 Å². The van der Waals surface area contributed by atoms with Crippen molar-refractivity contribution in [2.45, 2.75) is 40.0 Å². The van der Waals surface area contributed by atoms with Gasteiger partial charge in [-0.2, -0.15) is 4.98 Å². The number of imidazole rings is 1. The Morgan fingerprint density at radius 3 is 2.62 bits per heavy atom. The molecule has 0 spiro atoms.